The van der Waals surface area contributed by atoms with Gasteiger partial charge in [0.1, 0.15) is 6.04 Å². The van der Waals surface area contributed by atoms with Crippen LogP contribution in [0.2, 0.25) is 0 Å². The fourth-order valence-corrected chi connectivity index (χ4v) is 1.99. The normalized spacial score (nSPS) is 12.2. The topological polar surface area (TPSA) is 94.5 Å². The van der Waals surface area contributed by atoms with Gasteiger partial charge in [-0.15, -0.1) is 5.10 Å². The summed E-state index contributed by atoms with van der Waals surface area (Å²) in [6.45, 7) is 0. The van der Waals surface area contributed by atoms with E-state index in [1.54, 1.807) is 29.5 Å². The first-order valence-corrected chi connectivity index (χ1v) is 6.08. The summed E-state index contributed by atoms with van der Waals surface area (Å²) in [6.07, 6.45) is 6.55. The first-order chi connectivity index (χ1) is 9.90. The minimum Gasteiger partial charge on any atom is -0.270 e. The van der Waals surface area contributed by atoms with Crippen molar-refractivity contribution < 1.29 is 0 Å². The molecule has 0 saturated carbocycles. The van der Waals surface area contributed by atoms with Gasteiger partial charge in [0, 0.05) is 12.4 Å². The maximum Gasteiger partial charge on any atom is 0.108 e. The Balaban J connectivity index is 2.04. The van der Waals surface area contributed by atoms with Gasteiger partial charge in [0.15, 0.2) is 0 Å². The van der Waals surface area contributed by atoms with Crippen LogP contribution in [0.5, 0.6) is 0 Å². The van der Waals surface area contributed by atoms with E-state index in [0.29, 0.717) is 5.69 Å². The summed E-state index contributed by atoms with van der Waals surface area (Å²) in [4.78, 5) is 8.32. The van der Waals surface area contributed by atoms with Crippen LogP contribution >= 0.6 is 0 Å². The lowest BCUT2D eigenvalue weighted by Crippen LogP contribution is -2.31. The number of nitrogens with two attached hydrogens (primary N) is 1. The molecule has 20 heavy (non-hydrogen) atoms. The SMILES string of the molecule is NNC(c1cnccn1)c1cnnn1-c1ccccc1. The Morgan fingerprint density at radius 2 is 1.95 bits per heavy atom. The van der Waals surface area contributed by atoms with Crippen LogP contribution in [0.1, 0.15) is 17.4 Å². The molecule has 0 fully saturated rings. The summed E-state index contributed by atoms with van der Waals surface area (Å²) in [6, 6.07) is 9.38. The number of benzene rings is 1. The van der Waals surface area contributed by atoms with Crippen LogP contribution < -0.4 is 11.3 Å². The first kappa shape index (κ1) is 12.4. The van der Waals surface area contributed by atoms with Gasteiger partial charge in [-0.1, -0.05) is 23.4 Å². The molecule has 0 bridgehead atoms. The molecule has 3 aromatic rings. The third-order valence-electron chi connectivity index (χ3n) is 2.92. The predicted octanol–water partition coefficient (Wildman–Crippen LogP) is 0.610. The molecule has 0 aliphatic heterocycles. The summed E-state index contributed by atoms with van der Waals surface area (Å²) in [5.74, 6) is 5.66. The van der Waals surface area contributed by atoms with Crippen molar-refractivity contribution in [3.63, 3.8) is 0 Å². The average Bonchev–Trinajstić information content (AvgIpc) is 2.99. The Bertz CT molecular complexity index is 665. The monoisotopic (exact) mass is 267 g/mol. The van der Waals surface area contributed by atoms with E-state index in [2.05, 4.69) is 25.7 Å². The Labute approximate surface area is 115 Å². The summed E-state index contributed by atoms with van der Waals surface area (Å²) < 4.78 is 1.72. The Hall–Kier alpha value is -2.64. The summed E-state index contributed by atoms with van der Waals surface area (Å²) >= 11 is 0. The number of nitrogens with zero attached hydrogens (tertiary/aromatic N) is 5. The maximum atomic E-state index is 5.66. The van der Waals surface area contributed by atoms with Crippen LogP contribution in [0.3, 0.4) is 0 Å². The average molecular weight is 267 g/mol. The molecule has 1 atom stereocenters. The highest BCUT2D eigenvalue weighted by atomic mass is 15.4. The van der Waals surface area contributed by atoms with Crippen LogP contribution in [0.4, 0.5) is 0 Å². The molecule has 0 spiro atoms. The fraction of sp³-hybridized carbons (Fsp3) is 0.0769. The van der Waals surface area contributed by atoms with Gasteiger partial charge in [0.25, 0.3) is 0 Å². The molecule has 1 unspecified atom stereocenters. The molecule has 0 aliphatic rings. The van der Waals surface area contributed by atoms with E-state index in [1.807, 2.05) is 30.3 Å². The van der Waals surface area contributed by atoms with Crippen LogP contribution in [-0.2, 0) is 0 Å². The number of hydrazine groups is 1. The van der Waals surface area contributed by atoms with Crippen molar-refractivity contribution >= 4 is 0 Å². The maximum absolute atomic E-state index is 5.66. The van der Waals surface area contributed by atoms with E-state index in [9.17, 15) is 0 Å². The van der Waals surface area contributed by atoms with Crippen LogP contribution in [0, 0.1) is 0 Å². The van der Waals surface area contributed by atoms with Crippen molar-refractivity contribution in [2.24, 2.45) is 5.84 Å². The second-order valence-corrected chi connectivity index (χ2v) is 4.14. The molecule has 0 radical (unpaired) electrons. The highest BCUT2D eigenvalue weighted by molar-refractivity contribution is 5.33. The molecule has 2 heterocycles. The van der Waals surface area contributed by atoms with Gasteiger partial charge in [-0.2, -0.15) is 0 Å². The Morgan fingerprint density at radius 3 is 2.65 bits per heavy atom. The Morgan fingerprint density at radius 1 is 1.10 bits per heavy atom. The molecular weight excluding hydrogens is 254 g/mol. The van der Waals surface area contributed by atoms with Gasteiger partial charge in [0.2, 0.25) is 0 Å². The van der Waals surface area contributed by atoms with E-state index >= 15 is 0 Å². The molecule has 0 amide bonds. The zero-order valence-corrected chi connectivity index (χ0v) is 10.6. The summed E-state index contributed by atoms with van der Waals surface area (Å²) in [5.41, 5.74) is 5.13. The lowest BCUT2D eigenvalue weighted by Gasteiger charge is -2.15. The second-order valence-electron chi connectivity index (χ2n) is 4.14. The lowest BCUT2D eigenvalue weighted by molar-refractivity contribution is 0.580. The molecule has 3 N–H and O–H groups in total. The molecule has 2 aromatic heterocycles. The number of para-hydroxylation sites is 1. The van der Waals surface area contributed by atoms with Gasteiger partial charge in [0.05, 0.1) is 29.5 Å². The highest BCUT2D eigenvalue weighted by Crippen LogP contribution is 2.20. The van der Waals surface area contributed by atoms with E-state index in [-0.39, 0.29) is 6.04 Å². The highest BCUT2D eigenvalue weighted by Gasteiger charge is 2.20. The van der Waals surface area contributed by atoms with E-state index in [1.165, 1.54) is 0 Å². The molecule has 100 valence electrons. The summed E-state index contributed by atoms with van der Waals surface area (Å²) in [7, 11) is 0. The zero-order chi connectivity index (χ0) is 13.8. The van der Waals surface area contributed by atoms with Crippen molar-refractivity contribution in [1.82, 2.24) is 30.4 Å². The van der Waals surface area contributed by atoms with Gasteiger partial charge in [-0.25, -0.2) is 10.1 Å². The Kier molecular flexibility index (Phi) is 3.44. The van der Waals surface area contributed by atoms with E-state index < -0.39 is 0 Å². The standard InChI is InChI=1S/C13H13N7/c14-18-13(11-8-15-6-7-16-11)12-9-17-19-20(12)10-4-2-1-3-5-10/h1-9,13,18H,14H2. The second kappa shape index (κ2) is 5.55. The molecule has 0 saturated heterocycles. The van der Waals surface area contributed by atoms with Crippen molar-refractivity contribution in [1.29, 1.82) is 0 Å². The molecule has 7 nitrogen and oxygen atoms in total. The zero-order valence-electron chi connectivity index (χ0n) is 10.6. The minimum atomic E-state index is -0.334. The molecule has 7 heteroatoms. The number of hydrogen-bond acceptors (Lipinski definition) is 6. The summed E-state index contributed by atoms with van der Waals surface area (Å²) in [5, 5.41) is 8.07. The lowest BCUT2D eigenvalue weighted by atomic mass is 10.1. The molecule has 0 aliphatic carbocycles. The molecule has 1 aromatic carbocycles. The largest absolute Gasteiger partial charge is 0.270 e. The number of rotatable bonds is 4. The fourth-order valence-electron chi connectivity index (χ4n) is 1.99. The van der Waals surface area contributed by atoms with Crippen LogP contribution in [0.25, 0.3) is 5.69 Å². The number of hydrogen-bond donors (Lipinski definition) is 2. The smallest absolute Gasteiger partial charge is 0.108 e. The minimum absolute atomic E-state index is 0.334. The number of nitrogens with one attached hydrogen (secondary N) is 1. The van der Waals surface area contributed by atoms with Crippen LogP contribution in [0.15, 0.2) is 55.1 Å². The first-order valence-electron chi connectivity index (χ1n) is 6.08. The molecular formula is C13H13N7. The predicted molar refractivity (Wildman–Crippen MR) is 72.6 cm³/mol. The van der Waals surface area contributed by atoms with Crippen LogP contribution in [-0.4, -0.2) is 25.0 Å². The van der Waals surface area contributed by atoms with E-state index in [0.717, 1.165) is 11.4 Å². The van der Waals surface area contributed by atoms with E-state index in [4.69, 9.17) is 5.84 Å². The third-order valence-corrected chi connectivity index (χ3v) is 2.92. The van der Waals surface area contributed by atoms with Gasteiger partial charge in [-0.05, 0) is 12.1 Å². The third kappa shape index (κ3) is 2.27. The quantitative estimate of drug-likeness (QED) is 0.531. The van der Waals surface area contributed by atoms with Gasteiger partial charge in [-0.3, -0.25) is 15.8 Å². The van der Waals surface area contributed by atoms with Crippen molar-refractivity contribution in [3.8, 4) is 5.69 Å². The van der Waals surface area contributed by atoms with Crippen molar-refractivity contribution in [2.75, 3.05) is 0 Å². The van der Waals surface area contributed by atoms with Gasteiger partial charge >= 0.3 is 0 Å². The van der Waals surface area contributed by atoms with Crippen molar-refractivity contribution in [2.45, 2.75) is 6.04 Å². The molecule has 3 rings (SSSR count). The van der Waals surface area contributed by atoms with Gasteiger partial charge < -0.3 is 0 Å². The van der Waals surface area contributed by atoms with Crippen molar-refractivity contribution in [3.05, 3.63) is 66.5 Å². The number of aromatic nitrogens is 5.